The molecule has 1 rings (SSSR count). The van der Waals surface area contributed by atoms with Gasteiger partial charge in [-0.25, -0.2) is 0 Å². The maximum absolute atomic E-state index is 12.0. The van der Waals surface area contributed by atoms with Crippen molar-refractivity contribution in [2.24, 2.45) is 0 Å². The van der Waals surface area contributed by atoms with E-state index >= 15 is 0 Å². The van der Waals surface area contributed by atoms with Crippen LogP contribution < -0.4 is 11.1 Å². The van der Waals surface area contributed by atoms with Crippen LogP contribution in [0.25, 0.3) is 0 Å². The first-order chi connectivity index (χ1) is 8.25. The number of carbonyl (C=O) groups excluding carboxylic acids is 1. The van der Waals surface area contributed by atoms with Crippen LogP contribution in [0.5, 0.6) is 0 Å². The number of nitrogens with zero attached hydrogens (tertiary/aromatic N) is 1. The van der Waals surface area contributed by atoms with Gasteiger partial charge in [-0.2, -0.15) is 0 Å². The minimum atomic E-state index is -0.204. The van der Waals surface area contributed by atoms with Gasteiger partial charge in [-0.3, -0.25) is 4.79 Å². The Labute approximate surface area is 113 Å². The van der Waals surface area contributed by atoms with Crippen LogP contribution in [0.15, 0.2) is 18.2 Å². The summed E-state index contributed by atoms with van der Waals surface area (Å²) in [5.41, 5.74) is 6.39. The highest BCUT2D eigenvalue weighted by Crippen LogP contribution is 2.22. The van der Waals surface area contributed by atoms with E-state index in [1.165, 1.54) is 0 Å². The third-order valence-corrected chi connectivity index (χ3v) is 3.52. The van der Waals surface area contributed by atoms with E-state index < -0.39 is 0 Å². The summed E-state index contributed by atoms with van der Waals surface area (Å²) in [7, 11) is 3.94. The monoisotopic (exact) mass is 269 g/mol. The number of amides is 1. The number of halogens is 1. The normalized spacial score (nSPS) is 11.7. The van der Waals surface area contributed by atoms with Crippen LogP contribution in [0.1, 0.15) is 24.2 Å². The van der Waals surface area contributed by atoms with E-state index in [9.17, 15) is 4.79 Å². The largest absolute Gasteiger partial charge is 0.397 e. The third kappa shape index (κ3) is 3.37. The molecular weight excluding hydrogens is 250 g/mol. The molecule has 0 aliphatic rings. The average Bonchev–Trinajstić information content (AvgIpc) is 2.29. The van der Waals surface area contributed by atoms with Crippen molar-refractivity contribution in [3.8, 4) is 0 Å². The summed E-state index contributed by atoms with van der Waals surface area (Å²) >= 11 is 5.89. The van der Waals surface area contributed by atoms with Crippen molar-refractivity contribution in [1.29, 1.82) is 0 Å². The topological polar surface area (TPSA) is 58.4 Å². The first-order valence-corrected chi connectivity index (χ1v) is 6.13. The van der Waals surface area contributed by atoms with Gasteiger partial charge in [0, 0.05) is 12.1 Å². The number of hydrogen-bond donors (Lipinski definition) is 2. The lowest BCUT2D eigenvalue weighted by molar-refractivity contribution is 0.0920. The molecule has 0 atom stereocenters. The second-order valence-electron chi connectivity index (χ2n) is 5.09. The fraction of sp³-hybridized carbons (Fsp3) is 0.462. The van der Waals surface area contributed by atoms with Gasteiger partial charge in [-0.05, 0) is 40.1 Å². The van der Waals surface area contributed by atoms with E-state index in [2.05, 4.69) is 24.1 Å². The first kappa shape index (κ1) is 14.8. The van der Waals surface area contributed by atoms with E-state index in [1.807, 2.05) is 14.1 Å². The Hall–Kier alpha value is -1.26. The number of likely N-dealkylation sites (N-methyl/N-ethyl adjacent to an activating group) is 1. The molecule has 0 aliphatic carbocycles. The van der Waals surface area contributed by atoms with Crippen LogP contribution in [-0.2, 0) is 0 Å². The Morgan fingerprint density at radius 2 is 2.06 bits per heavy atom. The van der Waals surface area contributed by atoms with Gasteiger partial charge in [-0.1, -0.05) is 17.7 Å². The molecule has 0 heterocycles. The Kier molecular flexibility index (Phi) is 4.59. The number of anilines is 1. The summed E-state index contributed by atoms with van der Waals surface area (Å²) in [4.78, 5) is 14.1. The van der Waals surface area contributed by atoms with Crippen LogP contribution in [0.4, 0.5) is 5.69 Å². The SMILES string of the molecule is CN(C)C(C)(C)CNC(=O)c1cccc(Cl)c1N. The Balaban J connectivity index is 2.75. The average molecular weight is 270 g/mol. The lowest BCUT2D eigenvalue weighted by atomic mass is 10.0. The summed E-state index contributed by atoms with van der Waals surface area (Å²) in [6, 6.07) is 5.04. The van der Waals surface area contributed by atoms with Gasteiger partial charge in [0.25, 0.3) is 5.91 Å². The van der Waals surface area contributed by atoms with E-state index in [1.54, 1.807) is 18.2 Å². The van der Waals surface area contributed by atoms with E-state index in [0.29, 0.717) is 22.8 Å². The summed E-state index contributed by atoms with van der Waals surface area (Å²) < 4.78 is 0. The van der Waals surface area contributed by atoms with Gasteiger partial charge in [0.15, 0.2) is 0 Å². The Morgan fingerprint density at radius 3 is 2.61 bits per heavy atom. The zero-order valence-electron chi connectivity index (χ0n) is 11.2. The number of nitrogens with one attached hydrogen (secondary N) is 1. The van der Waals surface area contributed by atoms with Crippen molar-refractivity contribution >= 4 is 23.2 Å². The fourth-order valence-corrected chi connectivity index (χ4v) is 1.46. The molecule has 0 aromatic heterocycles. The molecule has 3 N–H and O–H groups in total. The van der Waals surface area contributed by atoms with Crippen molar-refractivity contribution < 1.29 is 4.79 Å². The van der Waals surface area contributed by atoms with E-state index in [-0.39, 0.29) is 11.4 Å². The van der Waals surface area contributed by atoms with E-state index in [0.717, 1.165) is 0 Å². The smallest absolute Gasteiger partial charge is 0.253 e. The van der Waals surface area contributed by atoms with Gasteiger partial charge < -0.3 is 16.0 Å². The van der Waals surface area contributed by atoms with Gasteiger partial charge in [0.05, 0.1) is 16.3 Å². The number of carbonyl (C=O) groups is 1. The van der Waals surface area contributed by atoms with Gasteiger partial charge >= 0.3 is 0 Å². The van der Waals surface area contributed by atoms with Gasteiger partial charge in [0.1, 0.15) is 0 Å². The Morgan fingerprint density at radius 1 is 1.44 bits per heavy atom. The zero-order chi connectivity index (χ0) is 13.9. The number of hydrogen-bond acceptors (Lipinski definition) is 3. The molecule has 0 spiro atoms. The minimum Gasteiger partial charge on any atom is -0.397 e. The highest BCUT2D eigenvalue weighted by atomic mass is 35.5. The molecule has 0 saturated carbocycles. The molecule has 0 aliphatic heterocycles. The summed E-state index contributed by atoms with van der Waals surface area (Å²) in [6.45, 7) is 4.63. The first-order valence-electron chi connectivity index (χ1n) is 5.75. The van der Waals surface area contributed by atoms with Crippen molar-refractivity contribution in [3.63, 3.8) is 0 Å². The molecule has 1 amide bonds. The molecule has 0 radical (unpaired) electrons. The van der Waals surface area contributed by atoms with Crippen molar-refractivity contribution in [2.75, 3.05) is 26.4 Å². The predicted molar refractivity (Wildman–Crippen MR) is 76.0 cm³/mol. The van der Waals surface area contributed by atoms with Crippen molar-refractivity contribution in [1.82, 2.24) is 10.2 Å². The Bertz CT molecular complexity index is 444. The highest BCUT2D eigenvalue weighted by Gasteiger charge is 2.22. The molecule has 4 nitrogen and oxygen atoms in total. The number of nitrogens with two attached hydrogens (primary N) is 1. The molecule has 1 aromatic carbocycles. The van der Waals surface area contributed by atoms with Crippen molar-refractivity contribution in [3.05, 3.63) is 28.8 Å². The highest BCUT2D eigenvalue weighted by molar-refractivity contribution is 6.33. The summed E-state index contributed by atoms with van der Waals surface area (Å²) in [6.07, 6.45) is 0. The maximum Gasteiger partial charge on any atom is 0.253 e. The van der Waals surface area contributed by atoms with E-state index in [4.69, 9.17) is 17.3 Å². The van der Waals surface area contributed by atoms with Crippen molar-refractivity contribution in [2.45, 2.75) is 19.4 Å². The van der Waals surface area contributed by atoms with Crippen LogP contribution in [0.3, 0.4) is 0 Å². The molecule has 5 heteroatoms. The minimum absolute atomic E-state index is 0.122. The van der Waals surface area contributed by atoms with Gasteiger partial charge in [-0.15, -0.1) is 0 Å². The number of nitrogen functional groups attached to an aromatic ring is 1. The third-order valence-electron chi connectivity index (χ3n) is 3.19. The second-order valence-corrected chi connectivity index (χ2v) is 5.50. The quantitative estimate of drug-likeness (QED) is 0.822. The lowest BCUT2D eigenvalue weighted by Crippen LogP contribution is -2.48. The molecule has 18 heavy (non-hydrogen) atoms. The number of benzene rings is 1. The lowest BCUT2D eigenvalue weighted by Gasteiger charge is -2.32. The molecule has 100 valence electrons. The number of para-hydroxylation sites is 1. The predicted octanol–water partition coefficient (Wildman–Crippen LogP) is 1.99. The van der Waals surface area contributed by atoms with Crippen LogP contribution in [0, 0.1) is 0 Å². The maximum atomic E-state index is 12.0. The van der Waals surface area contributed by atoms with Crippen LogP contribution in [-0.4, -0.2) is 37.0 Å². The molecule has 1 aromatic rings. The fourth-order valence-electron chi connectivity index (χ4n) is 1.28. The standard InChI is InChI=1S/C13H20ClN3O/c1-13(2,17(3)4)8-16-12(18)9-6-5-7-10(14)11(9)15/h5-7H,8,15H2,1-4H3,(H,16,18). The number of rotatable bonds is 4. The van der Waals surface area contributed by atoms with Crippen LogP contribution in [0.2, 0.25) is 5.02 Å². The molecule has 0 fully saturated rings. The molecular formula is C13H20ClN3O. The summed E-state index contributed by atoms with van der Waals surface area (Å²) in [5.74, 6) is -0.204. The molecule has 0 unspecified atom stereocenters. The molecule has 0 saturated heterocycles. The molecule has 0 bridgehead atoms. The zero-order valence-corrected chi connectivity index (χ0v) is 12.0. The summed E-state index contributed by atoms with van der Waals surface area (Å²) in [5, 5.41) is 3.27. The van der Waals surface area contributed by atoms with Gasteiger partial charge in [0.2, 0.25) is 0 Å². The second kappa shape index (κ2) is 5.59. The van der Waals surface area contributed by atoms with Crippen LogP contribution >= 0.6 is 11.6 Å².